The summed E-state index contributed by atoms with van der Waals surface area (Å²) in [5.74, 6) is 0.366. The first-order valence-corrected chi connectivity index (χ1v) is 10.8. The van der Waals surface area contributed by atoms with Gasteiger partial charge in [0.2, 0.25) is 5.91 Å². The minimum Gasteiger partial charge on any atom is -0.324 e. The van der Waals surface area contributed by atoms with Crippen LogP contribution in [0.25, 0.3) is 0 Å². The number of hydrogen-bond acceptors (Lipinski definition) is 3. The van der Waals surface area contributed by atoms with E-state index in [2.05, 4.69) is 36.3 Å². The first-order chi connectivity index (χ1) is 13.8. The van der Waals surface area contributed by atoms with Crippen molar-refractivity contribution in [2.24, 2.45) is 5.92 Å². The van der Waals surface area contributed by atoms with Gasteiger partial charge in [-0.05, 0) is 49.7 Å². The molecule has 0 spiro atoms. The van der Waals surface area contributed by atoms with Gasteiger partial charge in [0.25, 0.3) is 0 Å². The van der Waals surface area contributed by atoms with Crippen LogP contribution in [-0.2, 0) is 16.8 Å². The number of anilines is 1. The summed E-state index contributed by atoms with van der Waals surface area (Å²) in [6.07, 6.45) is 0.537. The molecule has 2 N–H and O–H groups in total. The van der Waals surface area contributed by atoms with Gasteiger partial charge in [0.05, 0.1) is 0 Å². The minimum atomic E-state index is -0.828. The lowest BCUT2D eigenvalue weighted by Gasteiger charge is -2.45. The van der Waals surface area contributed by atoms with Crippen LogP contribution in [0.4, 0.5) is 5.69 Å². The zero-order valence-corrected chi connectivity index (χ0v) is 18.9. The standard InChI is InChI=1S/C23H29Cl2N3O/c1-15(2)16(3)28(11-10-26-4)23(14-17-6-5-7-18(24)12-17)20-9-8-19(25)13-21(20)27-22(23)29/h5-9,12-13,15-16,26H,10-11,14H2,1-4H3,(H,27,29). The maximum Gasteiger partial charge on any atom is 0.249 e. The number of benzene rings is 2. The third-order valence-corrected chi connectivity index (χ3v) is 6.42. The number of fused-ring (bicyclic) bond motifs is 1. The molecule has 2 atom stereocenters. The SMILES string of the molecule is CNCCN(C(C)C(C)C)C1(Cc2cccc(Cl)c2)C(=O)Nc2cc(Cl)ccc21. The molecule has 29 heavy (non-hydrogen) atoms. The number of amides is 1. The van der Waals surface area contributed by atoms with Gasteiger partial charge in [0.15, 0.2) is 0 Å². The number of nitrogens with zero attached hydrogens (tertiary/aromatic N) is 1. The predicted octanol–water partition coefficient (Wildman–Crippen LogP) is 4.95. The van der Waals surface area contributed by atoms with Crippen LogP contribution in [0.15, 0.2) is 42.5 Å². The lowest BCUT2D eigenvalue weighted by atomic mass is 9.81. The van der Waals surface area contributed by atoms with E-state index in [0.29, 0.717) is 22.4 Å². The largest absolute Gasteiger partial charge is 0.324 e. The smallest absolute Gasteiger partial charge is 0.249 e. The van der Waals surface area contributed by atoms with Gasteiger partial charge in [-0.3, -0.25) is 9.69 Å². The Kier molecular flexibility index (Phi) is 6.90. The van der Waals surface area contributed by atoms with Crippen LogP contribution in [-0.4, -0.2) is 37.0 Å². The quantitative estimate of drug-likeness (QED) is 0.618. The van der Waals surface area contributed by atoms with Gasteiger partial charge in [-0.2, -0.15) is 0 Å². The summed E-state index contributed by atoms with van der Waals surface area (Å²) in [6.45, 7) is 8.11. The van der Waals surface area contributed by atoms with Crippen molar-refractivity contribution < 1.29 is 4.79 Å². The van der Waals surface area contributed by atoms with E-state index in [0.717, 1.165) is 29.9 Å². The topological polar surface area (TPSA) is 44.4 Å². The minimum absolute atomic E-state index is 0.0154. The van der Waals surface area contributed by atoms with Crippen LogP contribution in [0, 0.1) is 5.92 Å². The summed E-state index contributed by atoms with van der Waals surface area (Å²) in [4.78, 5) is 16.0. The van der Waals surface area contributed by atoms with Crippen LogP contribution in [0.3, 0.4) is 0 Å². The maximum atomic E-state index is 13.6. The normalized spacial score (nSPS) is 19.5. The Morgan fingerprint density at radius 1 is 1.10 bits per heavy atom. The number of hydrogen-bond donors (Lipinski definition) is 2. The Bertz CT molecular complexity index is 886. The lowest BCUT2D eigenvalue weighted by Crippen LogP contribution is -2.58. The highest BCUT2D eigenvalue weighted by Crippen LogP contribution is 2.45. The molecule has 2 aromatic rings. The highest BCUT2D eigenvalue weighted by Gasteiger charge is 2.52. The zero-order chi connectivity index (χ0) is 21.2. The van der Waals surface area contributed by atoms with Crippen molar-refractivity contribution >= 4 is 34.8 Å². The van der Waals surface area contributed by atoms with Crippen molar-refractivity contribution in [1.82, 2.24) is 10.2 Å². The number of likely N-dealkylation sites (N-methyl/N-ethyl adjacent to an activating group) is 1. The van der Waals surface area contributed by atoms with Crippen LogP contribution in [0.5, 0.6) is 0 Å². The average Bonchev–Trinajstić information content (AvgIpc) is 2.93. The number of nitrogens with one attached hydrogen (secondary N) is 2. The van der Waals surface area contributed by atoms with Gasteiger partial charge in [-0.15, -0.1) is 0 Å². The van der Waals surface area contributed by atoms with Crippen molar-refractivity contribution in [1.29, 1.82) is 0 Å². The summed E-state index contributed by atoms with van der Waals surface area (Å²) in [5.41, 5.74) is 1.96. The van der Waals surface area contributed by atoms with Crippen molar-refractivity contribution in [3.05, 3.63) is 63.6 Å². The van der Waals surface area contributed by atoms with E-state index >= 15 is 0 Å². The van der Waals surface area contributed by atoms with Gasteiger partial charge in [-0.1, -0.05) is 55.2 Å². The molecule has 1 heterocycles. The molecule has 0 radical (unpaired) electrons. The fraction of sp³-hybridized carbons (Fsp3) is 0.435. The highest BCUT2D eigenvalue weighted by atomic mass is 35.5. The molecule has 1 aliphatic rings. The molecule has 156 valence electrons. The lowest BCUT2D eigenvalue weighted by molar-refractivity contribution is -0.130. The first kappa shape index (κ1) is 22.1. The summed E-state index contributed by atoms with van der Waals surface area (Å²) < 4.78 is 0. The van der Waals surface area contributed by atoms with Crippen LogP contribution in [0.2, 0.25) is 10.0 Å². The van der Waals surface area contributed by atoms with Crippen LogP contribution >= 0.6 is 23.2 Å². The van der Waals surface area contributed by atoms with Gasteiger partial charge in [0.1, 0.15) is 5.54 Å². The van der Waals surface area contributed by atoms with Gasteiger partial charge < -0.3 is 10.6 Å². The molecule has 6 heteroatoms. The third kappa shape index (κ3) is 4.31. The van der Waals surface area contributed by atoms with E-state index in [1.54, 1.807) is 0 Å². The fourth-order valence-electron chi connectivity index (χ4n) is 4.17. The molecule has 0 aliphatic carbocycles. The molecule has 0 aromatic heterocycles. The van der Waals surface area contributed by atoms with Gasteiger partial charge in [-0.25, -0.2) is 0 Å². The Balaban J connectivity index is 2.19. The molecular weight excluding hydrogens is 405 g/mol. The Morgan fingerprint density at radius 3 is 2.48 bits per heavy atom. The molecule has 4 nitrogen and oxygen atoms in total. The van der Waals surface area contributed by atoms with Crippen molar-refractivity contribution in [2.45, 2.75) is 38.8 Å². The molecule has 1 amide bonds. The monoisotopic (exact) mass is 433 g/mol. The second-order valence-electron chi connectivity index (χ2n) is 8.09. The molecule has 2 unspecified atom stereocenters. The van der Waals surface area contributed by atoms with Crippen LogP contribution < -0.4 is 10.6 Å². The van der Waals surface area contributed by atoms with Crippen molar-refractivity contribution in [2.75, 3.05) is 25.5 Å². The average molecular weight is 434 g/mol. The summed E-state index contributed by atoms with van der Waals surface area (Å²) in [6, 6.07) is 13.6. The van der Waals surface area contributed by atoms with Crippen molar-refractivity contribution in [3.63, 3.8) is 0 Å². The molecule has 1 aliphatic heterocycles. The molecule has 3 rings (SSSR count). The van der Waals surface area contributed by atoms with Gasteiger partial charge >= 0.3 is 0 Å². The van der Waals surface area contributed by atoms with E-state index in [4.69, 9.17) is 23.2 Å². The second-order valence-corrected chi connectivity index (χ2v) is 8.97. The Labute approximate surface area is 183 Å². The van der Waals surface area contributed by atoms with E-state index in [1.165, 1.54) is 0 Å². The van der Waals surface area contributed by atoms with E-state index in [1.807, 2.05) is 49.5 Å². The Hall–Kier alpha value is -1.59. The zero-order valence-electron chi connectivity index (χ0n) is 17.4. The van der Waals surface area contributed by atoms with Gasteiger partial charge in [0, 0.05) is 46.8 Å². The fourth-order valence-corrected chi connectivity index (χ4v) is 4.55. The number of carbonyl (C=O) groups excluding carboxylic acids is 1. The molecule has 2 aromatic carbocycles. The maximum absolute atomic E-state index is 13.6. The number of carbonyl (C=O) groups is 1. The van der Waals surface area contributed by atoms with E-state index < -0.39 is 5.54 Å². The molecule has 0 fully saturated rings. The summed E-state index contributed by atoms with van der Waals surface area (Å²) in [5, 5.41) is 7.62. The number of rotatable bonds is 8. The van der Waals surface area contributed by atoms with Crippen molar-refractivity contribution in [3.8, 4) is 0 Å². The highest BCUT2D eigenvalue weighted by molar-refractivity contribution is 6.31. The molecular formula is C23H29Cl2N3O. The second kappa shape index (κ2) is 9.05. The summed E-state index contributed by atoms with van der Waals surface area (Å²) >= 11 is 12.5. The van der Waals surface area contributed by atoms with E-state index in [9.17, 15) is 4.79 Å². The predicted molar refractivity (Wildman–Crippen MR) is 122 cm³/mol. The molecule has 0 bridgehead atoms. The van der Waals surface area contributed by atoms with Crippen LogP contribution in [0.1, 0.15) is 31.9 Å². The molecule has 0 saturated carbocycles. The third-order valence-electron chi connectivity index (χ3n) is 5.95. The van der Waals surface area contributed by atoms with E-state index in [-0.39, 0.29) is 11.9 Å². The first-order valence-electron chi connectivity index (χ1n) is 10.1. The number of halogens is 2. The Morgan fingerprint density at radius 2 is 1.83 bits per heavy atom. The summed E-state index contributed by atoms with van der Waals surface area (Å²) in [7, 11) is 1.93. The molecule has 0 saturated heterocycles.